The van der Waals surface area contributed by atoms with Crippen molar-refractivity contribution in [1.82, 2.24) is 15.5 Å². The molecule has 0 radical (unpaired) electrons. The van der Waals surface area contributed by atoms with Crippen LogP contribution in [0.1, 0.15) is 35.4 Å². The summed E-state index contributed by atoms with van der Waals surface area (Å²) in [5, 5.41) is 11.0. The Morgan fingerprint density at radius 2 is 1.85 bits per heavy atom. The normalized spacial score (nSPS) is 10.7. The van der Waals surface area contributed by atoms with Crippen LogP contribution in [0.2, 0.25) is 0 Å². The van der Waals surface area contributed by atoms with Crippen LogP contribution < -0.4 is 5.32 Å². The third kappa shape index (κ3) is 5.51. The minimum atomic E-state index is 0.00934. The van der Waals surface area contributed by atoms with Gasteiger partial charge in [0.2, 0.25) is 17.7 Å². The summed E-state index contributed by atoms with van der Waals surface area (Å²) in [6.45, 7) is 4.91. The zero-order valence-electron chi connectivity index (χ0n) is 15.9. The van der Waals surface area contributed by atoms with E-state index in [4.69, 9.17) is 4.42 Å². The molecule has 0 aliphatic carbocycles. The molecule has 0 bridgehead atoms. The van der Waals surface area contributed by atoms with E-state index in [1.165, 1.54) is 16.7 Å². The SMILES string of the molecule is Cc1ccc(CCCNC(=O)CCc2nnc(-c3ccccc3)o2)c(C)c1. The van der Waals surface area contributed by atoms with Crippen LogP contribution in [0.25, 0.3) is 11.5 Å². The molecule has 1 heterocycles. The van der Waals surface area contributed by atoms with Crippen LogP contribution in [-0.2, 0) is 17.6 Å². The lowest BCUT2D eigenvalue weighted by atomic mass is 10.0. The van der Waals surface area contributed by atoms with E-state index in [2.05, 4.69) is 47.6 Å². The second-order valence-electron chi connectivity index (χ2n) is 6.75. The van der Waals surface area contributed by atoms with Gasteiger partial charge in [0.25, 0.3) is 0 Å². The second kappa shape index (κ2) is 9.12. The molecule has 3 aromatic rings. The highest BCUT2D eigenvalue weighted by Crippen LogP contribution is 2.17. The fourth-order valence-corrected chi connectivity index (χ4v) is 2.99. The Morgan fingerprint density at radius 3 is 2.63 bits per heavy atom. The lowest BCUT2D eigenvalue weighted by Gasteiger charge is -2.08. The van der Waals surface area contributed by atoms with Gasteiger partial charge in [0.05, 0.1) is 0 Å². The van der Waals surface area contributed by atoms with E-state index in [1.807, 2.05) is 30.3 Å². The van der Waals surface area contributed by atoms with Crippen molar-refractivity contribution < 1.29 is 9.21 Å². The average Bonchev–Trinajstić information content (AvgIpc) is 3.15. The van der Waals surface area contributed by atoms with Crippen molar-refractivity contribution in [2.24, 2.45) is 0 Å². The molecule has 0 saturated heterocycles. The number of nitrogens with zero attached hydrogens (tertiary/aromatic N) is 2. The van der Waals surface area contributed by atoms with Crippen molar-refractivity contribution in [2.75, 3.05) is 6.54 Å². The Labute approximate surface area is 159 Å². The quantitative estimate of drug-likeness (QED) is 0.614. The first kappa shape index (κ1) is 18.8. The highest BCUT2D eigenvalue weighted by atomic mass is 16.4. The monoisotopic (exact) mass is 363 g/mol. The first-order valence-corrected chi connectivity index (χ1v) is 9.32. The van der Waals surface area contributed by atoms with Crippen molar-refractivity contribution in [3.8, 4) is 11.5 Å². The predicted octanol–water partition coefficient (Wildman–Crippen LogP) is 4.04. The summed E-state index contributed by atoms with van der Waals surface area (Å²) in [5.41, 5.74) is 4.81. The molecule has 0 spiro atoms. The van der Waals surface area contributed by atoms with E-state index in [9.17, 15) is 4.79 Å². The van der Waals surface area contributed by atoms with Crippen LogP contribution in [0.4, 0.5) is 0 Å². The first-order chi connectivity index (χ1) is 13.1. The topological polar surface area (TPSA) is 68.0 Å². The molecular formula is C22H25N3O2. The van der Waals surface area contributed by atoms with E-state index in [0.717, 1.165) is 18.4 Å². The molecule has 2 aromatic carbocycles. The summed E-state index contributed by atoms with van der Waals surface area (Å²) in [5.74, 6) is 0.980. The van der Waals surface area contributed by atoms with Crippen molar-refractivity contribution >= 4 is 5.91 Å². The highest BCUT2D eigenvalue weighted by Gasteiger charge is 2.10. The molecule has 0 aliphatic heterocycles. The molecule has 3 rings (SSSR count). The third-order valence-electron chi connectivity index (χ3n) is 4.50. The molecule has 5 nitrogen and oxygen atoms in total. The number of aryl methyl sites for hydroxylation is 4. The summed E-state index contributed by atoms with van der Waals surface area (Å²) < 4.78 is 5.62. The maximum absolute atomic E-state index is 12.0. The minimum absolute atomic E-state index is 0.00934. The molecule has 0 unspecified atom stereocenters. The van der Waals surface area contributed by atoms with Gasteiger partial charge in [-0.3, -0.25) is 4.79 Å². The van der Waals surface area contributed by atoms with Gasteiger partial charge in [-0.2, -0.15) is 0 Å². The number of hydrogen-bond acceptors (Lipinski definition) is 4. The van der Waals surface area contributed by atoms with Gasteiger partial charge < -0.3 is 9.73 Å². The molecule has 1 aromatic heterocycles. The molecule has 0 atom stereocenters. The van der Waals surface area contributed by atoms with E-state index < -0.39 is 0 Å². The van der Waals surface area contributed by atoms with Crippen LogP contribution >= 0.6 is 0 Å². The van der Waals surface area contributed by atoms with Gasteiger partial charge in [-0.25, -0.2) is 0 Å². The number of amides is 1. The van der Waals surface area contributed by atoms with E-state index >= 15 is 0 Å². The zero-order valence-corrected chi connectivity index (χ0v) is 15.9. The fourth-order valence-electron chi connectivity index (χ4n) is 2.99. The zero-order chi connectivity index (χ0) is 19.1. The number of carbonyl (C=O) groups is 1. The Morgan fingerprint density at radius 1 is 1.04 bits per heavy atom. The smallest absolute Gasteiger partial charge is 0.247 e. The number of carbonyl (C=O) groups excluding carboxylic acids is 1. The molecule has 0 saturated carbocycles. The van der Waals surface area contributed by atoms with Crippen molar-refractivity contribution in [3.05, 3.63) is 71.1 Å². The van der Waals surface area contributed by atoms with Gasteiger partial charge >= 0.3 is 0 Å². The molecule has 0 fully saturated rings. The van der Waals surface area contributed by atoms with Gasteiger partial charge in [0.1, 0.15) is 0 Å². The maximum atomic E-state index is 12.0. The highest BCUT2D eigenvalue weighted by molar-refractivity contribution is 5.75. The van der Waals surface area contributed by atoms with Gasteiger partial charge in [-0.1, -0.05) is 42.0 Å². The van der Waals surface area contributed by atoms with Crippen LogP contribution in [0.3, 0.4) is 0 Å². The summed E-state index contributed by atoms with van der Waals surface area (Å²) in [7, 11) is 0. The third-order valence-corrected chi connectivity index (χ3v) is 4.50. The molecule has 140 valence electrons. The molecule has 1 amide bonds. The number of hydrogen-bond donors (Lipinski definition) is 1. The molecular weight excluding hydrogens is 338 g/mol. The molecule has 5 heteroatoms. The maximum Gasteiger partial charge on any atom is 0.247 e. The van der Waals surface area contributed by atoms with Gasteiger partial charge in [0, 0.05) is 24.9 Å². The number of rotatable bonds is 8. The van der Waals surface area contributed by atoms with E-state index in [0.29, 0.717) is 31.2 Å². The van der Waals surface area contributed by atoms with Crippen molar-refractivity contribution in [2.45, 2.75) is 39.5 Å². The van der Waals surface area contributed by atoms with Crippen molar-refractivity contribution in [1.29, 1.82) is 0 Å². The summed E-state index contributed by atoms with van der Waals surface area (Å²) >= 11 is 0. The minimum Gasteiger partial charge on any atom is -0.421 e. The van der Waals surface area contributed by atoms with Gasteiger partial charge in [0.15, 0.2) is 0 Å². The molecule has 0 aliphatic rings. The Hall–Kier alpha value is -2.95. The van der Waals surface area contributed by atoms with E-state index in [-0.39, 0.29) is 5.91 Å². The Bertz CT molecular complexity index is 888. The lowest BCUT2D eigenvalue weighted by Crippen LogP contribution is -2.25. The molecule has 27 heavy (non-hydrogen) atoms. The predicted molar refractivity (Wildman–Crippen MR) is 105 cm³/mol. The van der Waals surface area contributed by atoms with Crippen LogP contribution in [0, 0.1) is 13.8 Å². The van der Waals surface area contributed by atoms with E-state index in [1.54, 1.807) is 0 Å². The number of aromatic nitrogens is 2. The average molecular weight is 363 g/mol. The van der Waals surface area contributed by atoms with Crippen LogP contribution in [0.15, 0.2) is 52.9 Å². The van der Waals surface area contributed by atoms with Crippen LogP contribution in [0.5, 0.6) is 0 Å². The summed E-state index contributed by atoms with van der Waals surface area (Å²) in [4.78, 5) is 12.0. The standard InChI is InChI=1S/C22H25N3O2/c1-16-10-11-18(17(2)15-16)9-6-14-23-20(26)12-13-21-24-25-22(27-21)19-7-4-3-5-8-19/h3-5,7-8,10-11,15H,6,9,12-14H2,1-2H3,(H,23,26). The fraction of sp³-hybridized carbons (Fsp3) is 0.318. The van der Waals surface area contributed by atoms with Gasteiger partial charge in [-0.15, -0.1) is 10.2 Å². The number of benzene rings is 2. The largest absolute Gasteiger partial charge is 0.421 e. The van der Waals surface area contributed by atoms with Gasteiger partial charge in [-0.05, 0) is 49.9 Å². The summed E-state index contributed by atoms with van der Waals surface area (Å²) in [6, 6.07) is 16.1. The van der Waals surface area contributed by atoms with Crippen LogP contribution in [-0.4, -0.2) is 22.6 Å². The Balaban J connectivity index is 1.38. The Kier molecular flexibility index (Phi) is 6.36. The second-order valence-corrected chi connectivity index (χ2v) is 6.75. The lowest BCUT2D eigenvalue weighted by molar-refractivity contribution is -0.121. The molecule has 1 N–H and O–H groups in total. The summed E-state index contributed by atoms with van der Waals surface area (Å²) in [6.07, 6.45) is 2.69. The number of nitrogens with one attached hydrogen (secondary N) is 1. The first-order valence-electron chi connectivity index (χ1n) is 9.32. The van der Waals surface area contributed by atoms with Crippen molar-refractivity contribution in [3.63, 3.8) is 0 Å².